The smallest absolute Gasteiger partial charge is 0.221 e. The number of nitrogens with one attached hydrogen (secondary N) is 3. The predicted octanol–water partition coefficient (Wildman–Crippen LogP) is 3.75. The number of nitrogen functional groups attached to an aromatic ring is 1. The number of amidine groups is 1. The second kappa shape index (κ2) is 13.0. The summed E-state index contributed by atoms with van der Waals surface area (Å²) in [6.07, 6.45) is 0. The summed E-state index contributed by atoms with van der Waals surface area (Å²) < 4.78 is 2.27. The average Bonchev–Trinajstić information content (AvgIpc) is 2.92. The molecule has 0 aliphatic rings. The third kappa shape index (κ3) is 6.20. The van der Waals surface area contributed by atoms with Crippen LogP contribution >= 0.6 is 12.4 Å². The number of amides is 1. The fourth-order valence-corrected chi connectivity index (χ4v) is 4.69. The van der Waals surface area contributed by atoms with Gasteiger partial charge in [-0.15, -0.1) is 17.5 Å². The van der Waals surface area contributed by atoms with Crippen molar-refractivity contribution in [3.8, 4) is 11.3 Å². The van der Waals surface area contributed by atoms with Gasteiger partial charge >= 0.3 is 0 Å². The standard InChI is InChI=1S/C30H27N7O.2ClH/c1-3-37-28-18-24(35-36-34-23-11-7-10-21(16-23)30(31)32)13-15-26(28)25-14-12-22(33-19(2)38)17-27(25)29(37)20-8-5-4-6-9-20;;/h4-18H,3H2,1-2H3,(H4,31,32,33,38);2*1H. The molecule has 0 saturated carbocycles. The summed E-state index contributed by atoms with van der Waals surface area (Å²) in [4.78, 5) is 11.7. The molecule has 1 heterocycles. The van der Waals surface area contributed by atoms with E-state index in [0.717, 1.165) is 45.2 Å². The van der Waals surface area contributed by atoms with Crippen LogP contribution in [0, 0.1) is 5.41 Å². The van der Waals surface area contributed by atoms with Crippen LogP contribution in [-0.2, 0) is 11.3 Å². The number of hydrogen-bond acceptors (Lipinski definition) is 4. The summed E-state index contributed by atoms with van der Waals surface area (Å²) in [6, 6.07) is 29.5. The molecule has 5 rings (SSSR count). The van der Waals surface area contributed by atoms with E-state index in [4.69, 9.17) is 11.1 Å². The number of aromatic nitrogens is 1. The van der Waals surface area contributed by atoms with Crippen molar-refractivity contribution in [2.45, 2.75) is 20.4 Å². The molecule has 0 aliphatic heterocycles. The van der Waals surface area contributed by atoms with Crippen molar-refractivity contribution in [1.29, 1.82) is 5.41 Å². The maximum absolute atomic E-state index is 11.7. The van der Waals surface area contributed by atoms with E-state index in [1.807, 2.05) is 54.6 Å². The molecule has 0 saturated heterocycles. The summed E-state index contributed by atoms with van der Waals surface area (Å²) in [5.74, 6) is -0.110. The molecule has 0 bridgehead atoms. The Morgan fingerprint density at radius 3 is 2.35 bits per heavy atom. The quantitative estimate of drug-likeness (QED) is 0.0592. The summed E-state index contributed by atoms with van der Waals surface area (Å²) in [5, 5.41) is 22.3. The Morgan fingerprint density at radius 2 is 1.65 bits per heavy atom. The first-order chi connectivity index (χ1) is 18.4. The number of rotatable bonds is 7. The molecule has 10 heteroatoms. The lowest BCUT2D eigenvalue weighted by Gasteiger charge is -2.13. The SMILES string of the molecule is CC[n+]1c(-c2ccccc2)c2cc(NC(C)=O)ccc2c2ccc(N=NNc3cccc(C(=N)N)c3)cc21.Cl.[Cl-]. The highest BCUT2D eigenvalue weighted by Gasteiger charge is 2.23. The molecule has 8 nitrogen and oxygen atoms in total. The van der Waals surface area contributed by atoms with E-state index in [-0.39, 0.29) is 36.6 Å². The van der Waals surface area contributed by atoms with Gasteiger partial charge < -0.3 is 23.5 Å². The van der Waals surface area contributed by atoms with Crippen LogP contribution in [0.1, 0.15) is 19.4 Å². The molecule has 40 heavy (non-hydrogen) atoms. The summed E-state index contributed by atoms with van der Waals surface area (Å²) in [6.45, 7) is 4.37. The van der Waals surface area contributed by atoms with Gasteiger partial charge in [-0.25, -0.2) is 0 Å². The molecule has 5 aromatic rings. The number of fused-ring (bicyclic) bond motifs is 3. The van der Waals surface area contributed by atoms with Gasteiger partial charge in [0.25, 0.3) is 0 Å². The first-order valence-electron chi connectivity index (χ1n) is 12.3. The average molecular weight is 575 g/mol. The van der Waals surface area contributed by atoms with Gasteiger partial charge in [0.2, 0.25) is 17.1 Å². The number of aryl methyl sites for hydroxylation is 1. The highest BCUT2D eigenvalue weighted by Crippen LogP contribution is 2.34. The predicted molar refractivity (Wildman–Crippen MR) is 160 cm³/mol. The molecule has 0 radical (unpaired) electrons. The second-order valence-electron chi connectivity index (χ2n) is 8.91. The number of pyridine rings is 1. The zero-order valence-corrected chi connectivity index (χ0v) is 23.6. The molecule has 5 N–H and O–H groups in total. The van der Waals surface area contributed by atoms with Crippen molar-refractivity contribution >= 4 is 62.9 Å². The largest absolute Gasteiger partial charge is 1.00 e. The van der Waals surface area contributed by atoms with E-state index in [9.17, 15) is 4.79 Å². The van der Waals surface area contributed by atoms with E-state index >= 15 is 0 Å². The second-order valence-corrected chi connectivity index (χ2v) is 8.91. The Bertz CT molecular complexity index is 1720. The minimum atomic E-state index is -0.105. The summed E-state index contributed by atoms with van der Waals surface area (Å²) in [5.41, 5.74) is 14.4. The first-order valence-corrected chi connectivity index (χ1v) is 12.3. The normalized spacial score (nSPS) is 10.7. The third-order valence-corrected chi connectivity index (χ3v) is 6.31. The van der Waals surface area contributed by atoms with E-state index in [0.29, 0.717) is 16.9 Å². The van der Waals surface area contributed by atoms with Crippen LogP contribution in [0.25, 0.3) is 32.9 Å². The fraction of sp³-hybridized carbons (Fsp3) is 0.100. The number of benzene rings is 4. The highest BCUT2D eigenvalue weighted by molar-refractivity contribution is 6.10. The van der Waals surface area contributed by atoms with E-state index < -0.39 is 0 Å². The maximum Gasteiger partial charge on any atom is 0.221 e. The monoisotopic (exact) mass is 573 g/mol. The first kappa shape index (κ1) is 30.0. The van der Waals surface area contributed by atoms with Crippen LogP contribution in [0.3, 0.4) is 0 Å². The minimum Gasteiger partial charge on any atom is -1.00 e. The van der Waals surface area contributed by atoms with Crippen LogP contribution in [0.15, 0.2) is 101 Å². The van der Waals surface area contributed by atoms with Gasteiger partial charge in [-0.2, -0.15) is 4.57 Å². The lowest BCUT2D eigenvalue weighted by atomic mass is 9.98. The Labute approximate surface area is 244 Å². The van der Waals surface area contributed by atoms with Crippen molar-refractivity contribution < 1.29 is 21.8 Å². The molecule has 204 valence electrons. The molecule has 0 spiro atoms. The van der Waals surface area contributed by atoms with E-state index in [2.05, 4.69) is 56.8 Å². The topological polar surface area (TPSA) is 120 Å². The van der Waals surface area contributed by atoms with Crippen molar-refractivity contribution in [3.05, 3.63) is 96.6 Å². The Balaban J connectivity index is 0.00000220. The van der Waals surface area contributed by atoms with Crippen LogP contribution in [0.2, 0.25) is 0 Å². The lowest BCUT2D eigenvalue weighted by Crippen LogP contribution is -3.00. The number of nitrogens with two attached hydrogens (primary N) is 1. The van der Waals surface area contributed by atoms with Gasteiger partial charge in [-0.3, -0.25) is 15.6 Å². The number of nitrogens with zero attached hydrogens (tertiary/aromatic N) is 3. The van der Waals surface area contributed by atoms with Gasteiger partial charge in [0.05, 0.1) is 22.1 Å². The number of carbonyl (C=O) groups is 1. The van der Waals surface area contributed by atoms with Crippen LogP contribution in [-0.4, -0.2) is 11.7 Å². The Morgan fingerprint density at radius 1 is 0.900 bits per heavy atom. The molecule has 1 aromatic heterocycles. The lowest BCUT2D eigenvalue weighted by molar-refractivity contribution is -0.655. The fourth-order valence-electron chi connectivity index (χ4n) is 4.69. The zero-order chi connectivity index (χ0) is 26.6. The Hall–Kier alpha value is -4.53. The van der Waals surface area contributed by atoms with Gasteiger partial charge in [0.1, 0.15) is 12.4 Å². The minimum absolute atomic E-state index is 0. The number of carbonyl (C=O) groups excluding carboxylic acids is 1. The van der Waals surface area contributed by atoms with E-state index in [1.165, 1.54) is 6.92 Å². The zero-order valence-electron chi connectivity index (χ0n) is 22.0. The highest BCUT2D eigenvalue weighted by atomic mass is 35.5. The molecular formula is C30H29Cl2N7O. The van der Waals surface area contributed by atoms with Crippen molar-refractivity contribution in [3.63, 3.8) is 0 Å². The van der Waals surface area contributed by atoms with Crippen molar-refractivity contribution in [2.75, 3.05) is 10.7 Å². The van der Waals surface area contributed by atoms with Gasteiger partial charge in [-0.05, 0) is 55.5 Å². The molecular weight excluding hydrogens is 545 g/mol. The molecule has 0 fully saturated rings. The molecule has 0 atom stereocenters. The molecule has 0 aliphatic carbocycles. The Kier molecular flexibility index (Phi) is 9.77. The maximum atomic E-state index is 11.7. The van der Waals surface area contributed by atoms with Crippen molar-refractivity contribution in [1.82, 2.24) is 0 Å². The number of hydrogen-bond donors (Lipinski definition) is 4. The number of anilines is 2. The third-order valence-electron chi connectivity index (χ3n) is 6.31. The van der Waals surface area contributed by atoms with Gasteiger partial charge in [0.15, 0.2) is 0 Å². The number of halogens is 2. The van der Waals surface area contributed by atoms with Gasteiger partial charge in [0, 0.05) is 35.2 Å². The van der Waals surface area contributed by atoms with Crippen LogP contribution in [0.5, 0.6) is 0 Å². The summed E-state index contributed by atoms with van der Waals surface area (Å²) >= 11 is 0. The molecule has 4 aromatic carbocycles. The van der Waals surface area contributed by atoms with Crippen LogP contribution in [0.4, 0.5) is 17.1 Å². The molecule has 0 unspecified atom stereocenters. The molecule has 1 amide bonds. The van der Waals surface area contributed by atoms with Crippen molar-refractivity contribution in [2.24, 2.45) is 16.1 Å². The van der Waals surface area contributed by atoms with E-state index in [1.54, 1.807) is 12.1 Å². The summed E-state index contributed by atoms with van der Waals surface area (Å²) in [7, 11) is 0. The van der Waals surface area contributed by atoms with Crippen LogP contribution < -0.4 is 33.5 Å². The van der Waals surface area contributed by atoms with Gasteiger partial charge in [-0.1, -0.05) is 41.6 Å².